The number of carbonyl (C=O) groups excluding carboxylic acids is 2. The minimum atomic E-state index is -0.534. The molecular weight excluding hydrogens is 451 g/mol. The first-order chi connectivity index (χ1) is 14.9. The van der Waals surface area contributed by atoms with Crippen LogP contribution in [0.2, 0.25) is 10.0 Å². The van der Waals surface area contributed by atoms with Crippen molar-refractivity contribution in [1.29, 1.82) is 0 Å². The van der Waals surface area contributed by atoms with Crippen LogP contribution in [0.3, 0.4) is 0 Å². The molecule has 1 aliphatic carbocycles. The van der Waals surface area contributed by atoms with Gasteiger partial charge in [-0.15, -0.1) is 11.8 Å². The van der Waals surface area contributed by atoms with Crippen LogP contribution < -0.4 is 5.32 Å². The number of hydrogen-bond donors (Lipinski definition) is 1. The Labute approximate surface area is 198 Å². The van der Waals surface area contributed by atoms with Gasteiger partial charge in [0.25, 0.3) is 0 Å². The summed E-state index contributed by atoms with van der Waals surface area (Å²) in [6, 6.07) is 14.8. The smallest absolute Gasteiger partial charge is 0.242 e. The highest BCUT2D eigenvalue weighted by atomic mass is 35.5. The SMILES string of the molecule is C[C@H](C(=O)NC1CCCC1)N(Cc1ccccc1)C(=O)CSCc1ccc(Cl)cc1Cl. The Bertz CT molecular complexity index is 888. The van der Waals surface area contributed by atoms with E-state index in [9.17, 15) is 9.59 Å². The van der Waals surface area contributed by atoms with Crippen LogP contribution in [0.1, 0.15) is 43.7 Å². The van der Waals surface area contributed by atoms with Gasteiger partial charge in [-0.2, -0.15) is 0 Å². The molecule has 1 atom stereocenters. The molecule has 0 saturated heterocycles. The maximum absolute atomic E-state index is 13.1. The van der Waals surface area contributed by atoms with Crippen molar-refractivity contribution in [3.8, 4) is 0 Å². The van der Waals surface area contributed by atoms with Gasteiger partial charge < -0.3 is 10.2 Å². The van der Waals surface area contributed by atoms with Crippen LogP contribution in [0.25, 0.3) is 0 Å². The highest BCUT2D eigenvalue weighted by Crippen LogP contribution is 2.25. The normalized spacial score (nSPS) is 14.9. The number of amides is 2. The molecule has 0 spiro atoms. The lowest BCUT2D eigenvalue weighted by molar-refractivity contribution is -0.138. The van der Waals surface area contributed by atoms with Gasteiger partial charge in [-0.1, -0.05) is 72.4 Å². The van der Waals surface area contributed by atoms with Crippen molar-refractivity contribution < 1.29 is 9.59 Å². The highest BCUT2D eigenvalue weighted by Gasteiger charge is 2.28. The van der Waals surface area contributed by atoms with Gasteiger partial charge in [0, 0.05) is 28.4 Å². The Kier molecular flexibility index (Phi) is 9.12. The van der Waals surface area contributed by atoms with E-state index in [0.29, 0.717) is 22.3 Å². The van der Waals surface area contributed by atoms with Gasteiger partial charge in [-0.25, -0.2) is 0 Å². The van der Waals surface area contributed by atoms with E-state index in [-0.39, 0.29) is 23.6 Å². The van der Waals surface area contributed by atoms with Crippen molar-refractivity contribution in [3.63, 3.8) is 0 Å². The summed E-state index contributed by atoms with van der Waals surface area (Å²) in [6.45, 7) is 2.22. The second-order valence-electron chi connectivity index (χ2n) is 7.90. The molecule has 0 aliphatic heterocycles. The molecule has 0 aromatic heterocycles. The maximum Gasteiger partial charge on any atom is 0.242 e. The van der Waals surface area contributed by atoms with Crippen molar-refractivity contribution in [2.24, 2.45) is 0 Å². The zero-order chi connectivity index (χ0) is 22.2. The molecule has 31 heavy (non-hydrogen) atoms. The van der Waals surface area contributed by atoms with Crippen LogP contribution in [-0.4, -0.2) is 34.6 Å². The standard InChI is InChI=1S/C24H28Cl2N2O2S/c1-17(24(30)27-21-9-5-6-10-21)28(14-18-7-3-2-4-8-18)23(29)16-31-15-19-11-12-20(25)13-22(19)26/h2-4,7-8,11-13,17,21H,5-6,9-10,14-16H2,1H3,(H,27,30)/t17-/m1/s1. The minimum Gasteiger partial charge on any atom is -0.352 e. The lowest BCUT2D eigenvalue weighted by Crippen LogP contribution is -2.50. The number of halogens is 2. The number of hydrogen-bond acceptors (Lipinski definition) is 3. The van der Waals surface area contributed by atoms with Gasteiger partial charge in [0.05, 0.1) is 5.75 Å². The fourth-order valence-corrected chi connectivity index (χ4v) is 5.19. The van der Waals surface area contributed by atoms with Gasteiger partial charge in [-0.3, -0.25) is 9.59 Å². The zero-order valence-corrected chi connectivity index (χ0v) is 20.0. The number of thioether (sulfide) groups is 1. The van der Waals surface area contributed by atoms with E-state index in [2.05, 4.69) is 5.32 Å². The van der Waals surface area contributed by atoms with E-state index in [0.717, 1.165) is 36.8 Å². The number of carbonyl (C=O) groups is 2. The largest absolute Gasteiger partial charge is 0.352 e. The van der Waals surface area contributed by atoms with E-state index in [1.807, 2.05) is 43.3 Å². The Hall–Kier alpha value is -1.69. The number of nitrogens with zero attached hydrogens (tertiary/aromatic N) is 1. The summed E-state index contributed by atoms with van der Waals surface area (Å²) in [7, 11) is 0. The number of rotatable bonds is 9. The van der Waals surface area contributed by atoms with Gasteiger partial charge in [0.1, 0.15) is 6.04 Å². The first kappa shape index (κ1) is 24.0. The van der Waals surface area contributed by atoms with Gasteiger partial charge in [0.15, 0.2) is 0 Å². The molecule has 0 heterocycles. The summed E-state index contributed by atoms with van der Waals surface area (Å²) in [5.41, 5.74) is 1.94. The first-order valence-corrected chi connectivity index (χ1v) is 12.5. The maximum atomic E-state index is 13.1. The molecule has 1 fully saturated rings. The van der Waals surface area contributed by atoms with Crippen LogP contribution in [-0.2, 0) is 21.9 Å². The molecule has 3 rings (SSSR count). The monoisotopic (exact) mass is 478 g/mol. The van der Waals surface area contributed by atoms with Crippen molar-refractivity contribution in [3.05, 3.63) is 69.7 Å². The molecule has 7 heteroatoms. The average Bonchev–Trinajstić information content (AvgIpc) is 3.26. The average molecular weight is 479 g/mol. The van der Waals surface area contributed by atoms with E-state index in [4.69, 9.17) is 23.2 Å². The fraction of sp³-hybridized carbons (Fsp3) is 0.417. The predicted octanol–water partition coefficient (Wildman–Crippen LogP) is 5.70. The summed E-state index contributed by atoms with van der Waals surface area (Å²) in [4.78, 5) is 27.7. The molecule has 166 valence electrons. The Balaban J connectivity index is 1.64. The Morgan fingerprint density at radius 2 is 1.84 bits per heavy atom. The molecule has 1 aliphatic rings. The van der Waals surface area contributed by atoms with E-state index in [1.165, 1.54) is 11.8 Å². The fourth-order valence-electron chi connectivity index (χ4n) is 3.72. The third-order valence-electron chi connectivity index (χ3n) is 5.56. The number of nitrogens with one attached hydrogen (secondary N) is 1. The minimum absolute atomic E-state index is 0.0620. The summed E-state index contributed by atoms with van der Waals surface area (Å²) < 4.78 is 0. The van der Waals surface area contributed by atoms with Crippen LogP contribution in [0.5, 0.6) is 0 Å². The summed E-state index contributed by atoms with van der Waals surface area (Å²) in [6.07, 6.45) is 4.33. The van der Waals surface area contributed by atoms with Gasteiger partial charge in [0.2, 0.25) is 11.8 Å². The zero-order valence-electron chi connectivity index (χ0n) is 17.7. The highest BCUT2D eigenvalue weighted by molar-refractivity contribution is 7.99. The molecule has 2 aromatic carbocycles. The van der Waals surface area contributed by atoms with E-state index in [1.54, 1.807) is 17.0 Å². The van der Waals surface area contributed by atoms with E-state index >= 15 is 0 Å². The van der Waals surface area contributed by atoms with Crippen LogP contribution >= 0.6 is 35.0 Å². The third kappa shape index (κ3) is 7.16. The molecule has 2 amide bonds. The number of benzene rings is 2. The van der Waals surface area contributed by atoms with Crippen molar-refractivity contribution in [2.45, 2.75) is 57.0 Å². The van der Waals surface area contributed by atoms with Crippen LogP contribution in [0, 0.1) is 0 Å². The lowest BCUT2D eigenvalue weighted by atomic mass is 10.1. The summed E-state index contributed by atoms with van der Waals surface area (Å²) in [5, 5.41) is 4.31. The van der Waals surface area contributed by atoms with Gasteiger partial charge >= 0.3 is 0 Å². The molecule has 0 unspecified atom stereocenters. The second-order valence-corrected chi connectivity index (χ2v) is 9.73. The Morgan fingerprint density at radius 3 is 2.52 bits per heavy atom. The summed E-state index contributed by atoms with van der Waals surface area (Å²) in [5.74, 6) is 0.728. The molecule has 2 aromatic rings. The first-order valence-electron chi connectivity index (χ1n) is 10.6. The van der Waals surface area contributed by atoms with Crippen LogP contribution in [0.4, 0.5) is 0 Å². The molecule has 4 nitrogen and oxygen atoms in total. The predicted molar refractivity (Wildman–Crippen MR) is 129 cm³/mol. The van der Waals surface area contributed by atoms with Crippen molar-refractivity contribution >= 4 is 46.8 Å². The van der Waals surface area contributed by atoms with Crippen molar-refractivity contribution in [1.82, 2.24) is 10.2 Å². The summed E-state index contributed by atoms with van der Waals surface area (Å²) >= 11 is 13.7. The lowest BCUT2D eigenvalue weighted by Gasteiger charge is -2.29. The third-order valence-corrected chi connectivity index (χ3v) is 7.12. The molecule has 0 radical (unpaired) electrons. The quantitative estimate of drug-likeness (QED) is 0.502. The second kappa shape index (κ2) is 11.8. The topological polar surface area (TPSA) is 49.4 Å². The molecule has 0 bridgehead atoms. The van der Waals surface area contributed by atoms with Gasteiger partial charge in [-0.05, 0) is 43.0 Å². The Morgan fingerprint density at radius 1 is 1.13 bits per heavy atom. The van der Waals surface area contributed by atoms with E-state index < -0.39 is 6.04 Å². The molecule has 1 N–H and O–H groups in total. The molecule has 1 saturated carbocycles. The van der Waals surface area contributed by atoms with Crippen molar-refractivity contribution in [2.75, 3.05) is 5.75 Å². The molecular formula is C24H28Cl2N2O2S. The van der Waals surface area contributed by atoms with Crippen LogP contribution in [0.15, 0.2) is 48.5 Å².